The lowest BCUT2D eigenvalue weighted by molar-refractivity contribution is -0.114. The van der Waals surface area contributed by atoms with E-state index < -0.39 is 0 Å². The number of anilines is 2. The van der Waals surface area contributed by atoms with Crippen LogP contribution >= 0.6 is 0 Å². The van der Waals surface area contributed by atoms with Gasteiger partial charge in [0.25, 0.3) is 5.91 Å². The van der Waals surface area contributed by atoms with Crippen molar-refractivity contribution in [3.63, 3.8) is 0 Å². The minimum Gasteiger partial charge on any atom is -0.507 e. The number of aromatic hydroxyl groups is 1. The second kappa shape index (κ2) is 9.38. The highest BCUT2D eigenvalue weighted by Crippen LogP contribution is 2.23. The van der Waals surface area contributed by atoms with E-state index in [0.29, 0.717) is 16.8 Å². The van der Waals surface area contributed by atoms with Crippen LogP contribution in [-0.4, -0.2) is 36.2 Å². The van der Waals surface area contributed by atoms with Gasteiger partial charge in [-0.3, -0.25) is 9.59 Å². The van der Waals surface area contributed by atoms with Crippen LogP contribution in [0.15, 0.2) is 47.6 Å². The Morgan fingerprint density at radius 1 is 1.11 bits per heavy atom. The highest BCUT2D eigenvalue weighted by molar-refractivity contribution is 5.96. The van der Waals surface area contributed by atoms with Crippen molar-refractivity contribution in [1.82, 2.24) is 5.43 Å². The van der Waals surface area contributed by atoms with Gasteiger partial charge in [-0.1, -0.05) is 0 Å². The van der Waals surface area contributed by atoms with Gasteiger partial charge in [-0.15, -0.1) is 0 Å². The van der Waals surface area contributed by atoms with Gasteiger partial charge in [0.15, 0.2) is 0 Å². The summed E-state index contributed by atoms with van der Waals surface area (Å²) in [5, 5.41) is 16.7. The van der Waals surface area contributed by atoms with Crippen LogP contribution in [0, 0.1) is 0 Å². The van der Waals surface area contributed by atoms with Gasteiger partial charge in [-0.25, -0.2) is 5.43 Å². The fourth-order valence-corrected chi connectivity index (χ4v) is 2.56. The molecule has 0 saturated heterocycles. The fourth-order valence-electron chi connectivity index (χ4n) is 2.56. The molecule has 0 saturated carbocycles. The summed E-state index contributed by atoms with van der Waals surface area (Å²) >= 11 is 0. The Balaban J connectivity index is 2.00. The van der Waals surface area contributed by atoms with Crippen LogP contribution < -0.4 is 15.6 Å². The highest BCUT2D eigenvalue weighted by atomic mass is 16.3. The molecule has 0 atom stereocenters. The van der Waals surface area contributed by atoms with E-state index in [1.165, 1.54) is 13.1 Å². The zero-order valence-corrected chi connectivity index (χ0v) is 15.7. The number of phenols is 1. The van der Waals surface area contributed by atoms with Gasteiger partial charge in [-0.05, 0) is 50.2 Å². The number of nitrogens with zero attached hydrogens (tertiary/aromatic N) is 2. The number of carbonyl (C=O) groups excluding carboxylic acids is 2. The van der Waals surface area contributed by atoms with E-state index in [4.69, 9.17) is 0 Å². The minimum atomic E-state index is -0.389. The standard InChI is InChI=1S/C20H24N4O3/c1-4-24(5-2)18-11-8-16(19(26)12-18)13-21-23-20(27)15-6-9-17(10-7-15)22-14(3)25/h6-13,26H,4-5H2,1-3H3,(H,22,25)(H,23,27)/b21-13+. The monoisotopic (exact) mass is 368 g/mol. The van der Waals surface area contributed by atoms with Crippen LogP contribution in [-0.2, 0) is 4.79 Å². The van der Waals surface area contributed by atoms with Crippen molar-refractivity contribution in [3.05, 3.63) is 53.6 Å². The first-order valence-corrected chi connectivity index (χ1v) is 8.73. The zero-order valence-electron chi connectivity index (χ0n) is 15.7. The van der Waals surface area contributed by atoms with E-state index in [9.17, 15) is 14.7 Å². The molecule has 7 nitrogen and oxygen atoms in total. The van der Waals surface area contributed by atoms with Crippen LogP contribution in [0.4, 0.5) is 11.4 Å². The Morgan fingerprint density at radius 2 is 1.78 bits per heavy atom. The number of nitrogens with one attached hydrogen (secondary N) is 2. The number of benzene rings is 2. The maximum atomic E-state index is 12.1. The number of amides is 2. The molecule has 0 aromatic heterocycles. The molecule has 2 aromatic carbocycles. The molecule has 2 aromatic rings. The third kappa shape index (κ3) is 5.57. The molecular weight excluding hydrogens is 344 g/mol. The van der Waals surface area contributed by atoms with Crippen LogP contribution in [0.1, 0.15) is 36.7 Å². The van der Waals surface area contributed by atoms with Gasteiger partial charge >= 0.3 is 0 Å². The number of hydrogen-bond acceptors (Lipinski definition) is 5. The summed E-state index contributed by atoms with van der Waals surface area (Å²) in [6.07, 6.45) is 1.39. The van der Waals surface area contributed by atoms with Gasteiger partial charge in [0.05, 0.1) is 6.21 Å². The van der Waals surface area contributed by atoms with Crippen molar-refractivity contribution in [1.29, 1.82) is 0 Å². The predicted molar refractivity (Wildman–Crippen MR) is 107 cm³/mol. The van der Waals surface area contributed by atoms with Gasteiger partial charge in [-0.2, -0.15) is 5.10 Å². The molecule has 2 amide bonds. The topological polar surface area (TPSA) is 94.0 Å². The number of hydrazone groups is 1. The molecule has 0 unspecified atom stereocenters. The first kappa shape index (κ1) is 20.0. The van der Waals surface area contributed by atoms with Crippen LogP contribution in [0.3, 0.4) is 0 Å². The van der Waals surface area contributed by atoms with E-state index in [1.54, 1.807) is 36.4 Å². The quantitative estimate of drug-likeness (QED) is 0.517. The molecule has 0 aliphatic carbocycles. The molecule has 142 valence electrons. The van der Waals surface area contributed by atoms with Crippen molar-refractivity contribution < 1.29 is 14.7 Å². The number of rotatable bonds is 7. The number of phenolic OH excluding ortho intramolecular Hbond substituents is 1. The molecule has 0 aliphatic heterocycles. The minimum absolute atomic E-state index is 0.0945. The second-order valence-electron chi connectivity index (χ2n) is 5.87. The van der Waals surface area contributed by atoms with Crippen LogP contribution in [0.25, 0.3) is 0 Å². The molecule has 0 bridgehead atoms. The summed E-state index contributed by atoms with van der Waals surface area (Å²) in [4.78, 5) is 25.2. The van der Waals surface area contributed by atoms with E-state index in [2.05, 4.69) is 20.7 Å². The lowest BCUT2D eigenvalue weighted by Gasteiger charge is -2.21. The van der Waals surface area contributed by atoms with Crippen molar-refractivity contribution in [2.75, 3.05) is 23.3 Å². The van der Waals surface area contributed by atoms with E-state index in [1.807, 2.05) is 19.9 Å². The highest BCUT2D eigenvalue weighted by Gasteiger charge is 2.07. The second-order valence-corrected chi connectivity index (χ2v) is 5.87. The number of carbonyl (C=O) groups is 2. The molecule has 0 spiro atoms. The van der Waals surface area contributed by atoms with Crippen molar-refractivity contribution in [2.24, 2.45) is 5.10 Å². The smallest absolute Gasteiger partial charge is 0.271 e. The zero-order chi connectivity index (χ0) is 19.8. The summed E-state index contributed by atoms with van der Waals surface area (Å²) in [7, 11) is 0. The summed E-state index contributed by atoms with van der Waals surface area (Å²) in [5.41, 5.74) is 4.87. The molecule has 0 radical (unpaired) electrons. The fraction of sp³-hybridized carbons (Fsp3) is 0.250. The maximum Gasteiger partial charge on any atom is 0.271 e. The predicted octanol–water partition coefficient (Wildman–Crippen LogP) is 2.96. The van der Waals surface area contributed by atoms with E-state index in [0.717, 1.165) is 18.8 Å². The van der Waals surface area contributed by atoms with E-state index in [-0.39, 0.29) is 17.6 Å². The third-order valence-corrected chi connectivity index (χ3v) is 3.98. The average Bonchev–Trinajstić information content (AvgIpc) is 2.64. The molecule has 0 aliphatic rings. The normalized spacial score (nSPS) is 10.6. The molecule has 0 heterocycles. The summed E-state index contributed by atoms with van der Waals surface area (Å²) in [5.74, 6) is -0.472. The summed E-state index contributed by atoms with van der Waals surface area (Å²) in [6, 6.07) is 11.8. The lowest BCUT2D eigenvalue weighted by atomic mass is 10.2. The summed E-state index contributed by atoms with van der Waals surface area (Å²) < 4.78 is 0. The van der Waals surface area contributed by atoms with Gasteiger partial charge < -0.3 is 15.3 Å². The van der Waals surface area contributed by atoms with Gasteiger partial charge in [0, 0.05) is 48.6 Å². The Bertz CT molecular complexity index is 828. The van der Waals surface area contributed by atoms with Gasteiger partial charge in [0.2, 0.25) is 5.91 Å². The Hall–Kier alpha value is -3.35. The maximum absolute atomic E-state index is 12.1. The molecule has 27 heavy (non-hydrogen) atoms. The number of hydrogen-bond donors (Lipinski definition) is 3. The largest absolute Gasteiger partial charge is 0.507 e. The molecule has 2 rings (SSSR count). The first-order chi connectivity index (χ1) is 12.9. The average molecular weight is 368 g/mol. The van der Waals surface area contributed by atoms with Crippen LogP contribution in [0.5, 0.6) is 5.75 Å². The SMILES string of the molecule is CCN(CC)c1ccc(/C=N/NC(=O)c2ccc(NC(C)=O)cc2)c(O)c1. The van der Waals surface area contributed by atoms with Gasteiger partial charge in [0.1, 0.15) is 5.75 Å². The Morgan fingerprint density at radius 3 is 2.33 bits per heavy atom. The van der Waals surface area contributed by atoms with E-state index >= 15 is 0 Å². The van der Waals surface area contributed by atoms with Crippen molar-refractivity contribution in [2.45, 2.75) is 20.8 Å². The molecule has 0 fully saturated rings. The Labute approximate surface area is 158 Å². The Kier molecular flexibility index (Phi) is 6.93. The first-order valence-electron chi connectivity index (χ1n) is 8.73. The lowest BCUT2D eigenvalue weighted by Crippen LogP contribution is -2.21. The molecule has 3 N–H and O–H groups in total. The molecular formula is C20H24N4O3. The summed E-state index contributed by atoms with van der Waals surface area (Å²) in [6.45, 7) is 7.21. The molecule has 7 heteroatoms. The van der Waals surface area contributed by atoms with Crippen LogP contribution in [0.2, 0.25) is 0 Å². The van der Waals surface area contributed by atoms with Crippen molar-refractivity contribution in [3.8, 4) is 5.75 Å². The third-order valence-electron chi connectivity index (χ3n) is 3.98. The van der Waals surface area contributed by atoms with Crippen molar-refractivity contribution >= 4 is 29.4 Å².